The molecule has 1 fully saturated rings. The highest BCUT2D eigenvalue weighted by molar-refractivity contribution is 5.76. The van der Waals surface area contributed by atoms with E-state index in [0.717, 1.165) is 37.9 Å². The predicted molar refractivity (Wildman–Crippen MR) is 82.0 cm³/mol. The van der Waals surface area contributed by atoms with E-state index in [2.05, 4.69) is 15.3 Å². The molecule has 1 aromatic heterocycles. The summed E-state index contributed by atoms with van der Waals surface area (Å²) in [6.45, 7) is 1.17. The first-order chi connectivity index (χ1) is 11.0. The maximum atomic E-state index is 13.4. The molecular weight excluding hydrogens is 304 g/mol. The molecule has 1 saturated heterocycles. The molecule has 0 spiro atoms. The minimum atomic E-state index is -0.950. The molecule has 1 aliphatic rings. The SMILES string of the molecule is NC(=O)NC[C@H]1CCCCN1c1cnc2cc(F)c(F)cc2n1. The highest BCUT2D eigenvalue weighted by Gasteiger charge is 2.24. The molecule has 8 heteroatoms. The highest BCUT2D eigenvalue weighted by Crippen LogP contribution is 2.24. The van der Waals surface area contributed by atoms with E-state index in [-0.39, 0.29) is 6.04 Å². The van der Waals surface area contributed by atoms with E-state index in [1.807, 2.05) is 4.90 Å². The van der Waals surface area contributed by atoms with Gasteiger partial charge in [-0.1, -0.05) is 0 Å². The van der Waals surface area contributed by atoms with Crippen molar-refractivity contribution in [3.8, 4) is 0 Å². The molecule has 3 rings (SSSR count). The number of nitrogens with two attached hydrogens (primary N) is 1. The van der Waals surface area contributed by atoms with Gasteiger partial charge in [-0.25, -0.2) is 18.6 Å². The summed E-state index contributed by atoms with van der Waals surface area (Å²) < 4.78 is 26.6. The minimum Gasteiger partial charge on any atom is -0.352 e. The number of primary amides is 1. The lowest BCUT2D eigenvalue weighted by atomic mass is 10.0. The van der Waals surface area contributed by atoms with Crippen LogP contribution < -0.4 is 16.0 Å². The van der Waals surface area contributed by atoms with Gasteiger partial charge in [-0.2, -0.15) is 0 Å². The van der Waals surface area contributed by atoms with Crippen molar-refractivity contribution in [1.82, 2.24) is 15.3 Å². The van der Waals surface area contributed by atoms with E-state index in [0.29, 0.717) is 23.4 Å². The largest absolute Gasteiger partial charge is 0.352 e. The Morgan fingerprint density at radius 1 is 1.30 bits per heavy atom. The van der Waals surface area contributed by atoms with E-state index < -0.39 is 17.7 Å². The van der Waals surface area contributed by atoms with Crippen molar-refractivity contribution in [2.24, 2.45) is 5.73 Å². The summed E-state index contributed by atoms with van der Waals surface area (Å²) in [5.41, 5.74) is 5.73. The molecule has 122 valence electrons. The zero-order chi connectivity index (χ0) is 16.4. The van der Waals surface area contributed by atoms with Gasteiger partial charge in [0.05, 0.1) is 17.2 Å². The molecule has 3 N–H and O–H groups in total. The van der Waals surface area contributed by atoms with Gasteiger partial charge < -0.3 is 16.0 Å². The summed E-state index contributed by atoms with van der Waals surface area (Å²) in [7, 11) is 0. The van der Waals surface area contributed by atoms with Crippen LogP contribution in [-0.2, 0) is 0 Å². The standard InChI is InChI=1S/C15H17F2N5O/c16-10-5-12-13(6-11(10)17)21-14(8-19-12)22-4-2-1-3-9(22)7-20-15(18)23/h5-6,8-9H,1-4,7H2,(H3,18,20,23)/t9-/m1/s1. The quantitative estimate of drug-likeness (QED) is 0.905. The molecule has 1 aromatic carbocycles. The van der Waals surface area contributed by atoms with Gasteiger partial charge in [0.25, 0.3) is 0 Å². The summed E-state index contributed by atoms with van der Waals surface area (Å²) >= 11 is 0. The van der Waals surface area contributed by atoms with Gasteiger partial charge >= 0.3 is 6.03 Å². The summed E-state index contributed by atoms with van der Waals surface area (Å²) in [5, 5.41) is 2.61. The van der Waals surface area contributed by atoms with Crippen LogP contribution in [0.1, 0.15) is 19.3 Å². The lowest BCUT2D eigenvalue weighted by Gasteiger charge is -2.36. The Kier molecular flexibility index (Phi) is 4.22. The van der Waals surface area contributed by atoms with Gasteiger partial charge in [-0.3, -0.25) is 4.98 Å². The Balaban J connectivity index is 1.90. The van der Waals surface area contributed by atoms with Crippen LogP contribution >= 0.6 is 0 Å². The third-order valence-electron chi connectivity index (χ3n) is 4.00. The third-order valence-corrected chi connectivity index (χ3v) is 4.00. The monoisotopic (exact) mass is 321 g/mol. The smallest absolute Gasteiger partial charge is 0.312 e. The Morgan fingerprint density at radius 3 is 2.78 bits per heavy atom. The van der Waals surface area contributed by atoms with Gasteiger partial charge in [-0.05, 0) is 19.3 Å². The number of aromatic nitrogens is 2. The van der Waals surface area contributed by atoms with Crippen molar-refractivity contribution in [3.63, 3.8) is 0 Å². The first-order valence-corrected chi connectivity index (χ1v) is 7.46. The lowest BCUT2D eigenvalue weighted by molar-refractivity contribution is 0.247. The van der Waals surface area contributed by atoms with Crippen LogP contribution in [0.3, 0.4) is 0 Å². The molecule has 0 aliphatic carbocycles. The van der Waals surface area contributed by atoms with Gasteiger partial charge in [0, 0.05) is 31.3 Å². The first-order valence-electron chi connectivity index (χ1n) is 7.46. The van der Waals surface area contributed by atoms with Crippen LogP contribution in [0.4, 0.5) is 19.4 Å². The number of rotatable bonds is 3. The number of benzene rings is 1. The number of fused-ring (bicyclic) bond motifs is 1. The average Bonchev–Trinajstić information content (AvgIpc) is 2.54. The second-order valence-corrected chi connectivity index (χ2v) is 5.57. The third kappa shape index (κ3) is 3.30. The summed E-state index contributed by atoms with van der Waals surface area (Å²) in [4.78, 5) is 21.5. The first kappa shape index (κ1) is 15.4. The molecule has 0 saturated carbocycles. The number of amides is 2. The molecule has 23 heavy (non-hydrogen) atoms. The Hall–Kier alpha value is -2.51. The molecule has 1 aliphatic heterocycles. The number of nitrogens with zero attached hydrogens (tertiary/aromatic N) is 3. The number of piperidine rings is 1. The summed E-state index contributed by atoms with van der Waals surface area (Å²) in [6, 6.07) is 1.55. The van der Waals surface area contributed by atoms with Crippen LogP contribution in [0.2, 0.25) is 0 Å². The van der Waals surface area contributed by atoms with Crippen molar-refractivity contribution in [2.45, 2.75) is 25.3 Å². The van der Waals surface area contributed by atoms with E-state index in [1.54, 1.807) is 6.20 Å². The van der Waals surface area contributed by atoms with Crippen molar-refractivity contribution in [3.05, 3.63) is 30.0 Å². The molecule has 0 bridgehead atoms. The zero-order valence-corrected chi connectivity index (χ0v) is 12.4. The van der Waals surface area contributed by atoms with Gasteiger partial charge in [0.2, 0.25) is 0 Å². The maximum absolute atomic E-state index is 13.4. The fourth-order valence-electron chi connectivity index (χ4n) is 2.87. The van der Waals surface area contributed by atoms with E-state index in [9.17, 15) is 13.6 Å². The minimum absolute atomic E-state index is 0.0493. The molecule has 2 amide bonds. The van der Waals surface area contributed by atoms with Gasteiger partial charge in [0.15, 0.2) is 11.6 Å². The van der Waals surface area contributed by atoms with Crippen LogP contribution in [-0.4, -0.2) is 35.1 Å². The number of urea groups is 1. The lowest BCUT2D eigenvalue weighted by Crippen LogP contribution is -2.48. The number of anilines is 1. The Morgan fingerprint density at radius 2 is 2.04 bits per heavy atom. The molecule has 6 nitrogen and oxygen atoms in total. The summed E-state index contributed by atoms with van der Waals surface area (Å²) in [5.74, 6) is -1.31. The number of carbonyl (C=O) groups is 1. The molecule has 2 heterocycles. The zero-order valence-electron chi connectivity index (χ0n) is 12.4. The van der Waals surface area contributed by atoms with Crippen LogP contribution in [0.15, 0.2) is 18.3 Å². The molecule has 1 atom stereocenters. The molecular formula is C15H17F2N5O. The normalized spacial score (nSPS) is 18.2. The van der Waals surface area contributed by atoms with Crippen molar-refractivity contribution >= 4 is 22.9 Å². The number of hydrogen-bond donors (Lipinski definition) is 2. The molecule has 2 aromatic rings. The fraction of sp³-hybridized carbons (Fsp3) is 0.400. The molecule has 0 radical (unpaired) electrons. The topological polar surface area (TPSA) is 84.1 Å². The van der Waals surface area contributed by atoms with E-state index in [1.165, 1.54) is 0 Å². The number of halogens is 2. The van der Waals surface area contributed by atoms with Gasteiger partial charge in [0.1, 0.15) is 5.82 Å². The van der Waals surface area contributed by atoms with Crippen LogP contribution in [0.5, 0.6) is 0 Å². The van der Waals surface area contributed by atoms with Crippen LogP contribution in [0.25, 0.3) is 11.0 Å². The second-order valence-electron chi connectivity index (χ2n) is 5.57. The molecule has 0 unspecified atom stereocenters. The fourth-order valence-corrected chi connectivity index (χ4v) is 2.87. The van der Waals surface area contributed by atoms with Gasteiger partial charge in [-0.15, -0.1) is 0 Å². The predicted octanol–water partition coefficient (Wildman–Crippen LogP) is 1.94. The van der Waals surface area contributed by atoms with Crippen molar-refractivity contribution in [1.29, 1.82) is 0 Å². The average molecular weight is 321 g/mol. The number of nitrogens with one attached hydrogen (secondary N) is 1. The number of hydrogen-bond acceptors (Lipinski definition) is 4. The summed E-state index contributed by atoms with van der Waals surface area (Å²) in [6.07, 6.45) is 4.47. The highest BCUT2D eigenvalue weighted by atomic mass is 19.2. The maximum Gasteiger partial charge on any atom is 0.312 e. The van der Waals surface area contributed by atoms with Crippen molar-refractivity contribution < 1.29 is 13.6 Å². The van der Waals surface area contributed by atoms with E-state index >= 15 is 0 Å². The van der Waals surface area contributed by atoms with Crippen LogP contribution in [0, 0.1) is 11.6 Å². The van der Waals surface area contributed by atoms with E-state index in [4.69, 9.17) is 5.73 Å². The number of carbonyl (C=O) groups excluding carboxylic acids is 1. The Labute approximate surface area is 131 Å². The Bertz CT molecular complexity index is 739. The second kappa shape index (κ2) is 6.31. The van der Waals surface area contributed by atoms with Crippen molar-refractivity contribution in [2.75, 3.05) is 18.0 Å².